The highest BCUT2D eigenvalue weighted by Gasteiger charge is 2.16. The molecule has 2 aromatic heterocycles. The van der Waals surface area contributed by atoms with Gasteiger partial charge in [-0.05, 0) is 48.0 Å². The van der Waals surface area contributed by atoms with Gasteiger partial charge < -0.3 is 5.32 Å². The number of fused-ring (bicyclic) bond motifs is 1. The van der Waals surface area contributed by atoms with Gasteiger partial charge in [-0.25, -0.2) is 23.1 Å². The first-order valence-corrected chi connectivity index (χ1v) is 8.11. The minimum atomic E-state index is -0.657. The average Bonchev–Trinajstić information content (AvgIpc) is 2.69. The molecule has 134 valence electrons. The number of pyridine rings is 1. The highest BCUT2D eigenvalue weighted by Crippen LogP contribution is 2.32. The lowest BCUT2D eigenvalue weighted by molar-refractivity contribution is 0.602. The molecule has 0 amide bonds. The zero-order chi connectivity index (χ0) is 19.0. The molecule has 1 N–H and O–H groups in total. The van der Waals surface area contributed by atoms with Gasteiger partial charge in [0.1, 0.15) is 28.8 Å². The van der Waals surface area contributed by atoms with Crippen LogP contribution in [0.2, 0.25) is 0 Å². The minimum Gasteiger partial charge on any atom is -0.373 e. The Morgan fingerprint density at radius 3 is 2.48 bits per heavy atom. The number of benzene rings is 2. The second kappa shape index (κ2) is 6.68. The topological polar surface area (TPSA) is 50.7 Å². The van der Waals surface area contributed by atoms with E-state index in [4.69, 9.17) is 0 Å². The van der Waals surface area contributed by atoms with Crippen molar-refractivity contribution in [1.82, 2.24) is 15.0 Å². The van der Waals surface area contributed by atoms with Crippen LogP contribution in [0.1, 0.15) is 0 Å². The number of rotatable bonds is 3. The number of aromatic nitrogens is 3. The molecule has 0 saturated heterocycles. The summed E-state index contributed by atoms with van der Waals surface area (Å²) < 4.78 is 42.5. The fourth-order valence-electron chi connectivity index (χ4n) is 2.88. The van der Waals surface area contributed by atoms with Crippen molar-refractivity contribution in [3.05, 3.63) is 72.3 Å². The molecule has 2 aromatic carbocycles. The summed E-state index contributed by atoms with van der Waals surface area (Å²) in [4.78, 5) is 12.7. The summed E-state index contributed by atoms with van der Waals surface area (Å²) in [7, 11) is 1.64. The number of hydrogen-bond donors (Lipinski definition) is 1. The van der Waals surface area contributed by atoms with Gasteiger partial charge in [-0.2, -0.15) is 0 Å². The highest BCUT2D eigenvalue weighted by atomic mass is 19.1. The maximum Gasteiger partial charge on any atom is 0.163 e. The second-order valence-corrected chi connectivity index (χ2v) is 5.87. The third-order valence-electron chi connectivity index (χ3n) is 4.15. The van der Waals surface area contributed by atoms with Crippen molar-refractivity contribution >= 4 is 16.7 Å². The van der Waals surface area contributed by atoms with Crippen LogP contribution in [0.25, 0.3) is 33.4 Å². The summed E-state index contributed by atoms with van der Waals surface area (Å²) in [6, 6.07) is 9.22. The lowest BCUT2D eigenvalue weighted by Crippen LogP contribution is -2.01. The van der Waals surface area contributed by atoms with Crippen LogP contribution in [0.15, 0.2) is 54.9 Å². The third kappa shape index (κ3) is 3.08. The maximum absolute atomic E-state index is 14.8. The van der Waals surface area contributed by atoms with E-state index < -0.39 is 17.5 Å². The first-order valence-electron chi connectivity index (χ1n) is 8.11. The Morgan fingerprint density at radius 1 is 0.889 bits per heavy atom. The molecular formula is C20H13F3N4. The largest absolute Gasteiger partial charge is 0.373 e. The van der Waals surface area contributed by atoms with Crippen LogP contribution in [0.5, 0.6) is 0 Å². The van der Waals surface area contributed by atoms with Gasteiger partial charge in [-0.1, -0.05) is 0 Å². The summed E-state index contributed by atoms with van der Waals surface area (Å²) in [6.45, 7) is 0. The lowest BCUT2D eigenvalue weighted by Gasteiger charge is -2.11. The SMILES string of the molecule is CNc1nc(-c2cccnc2)nc2c(F)cc(-c3cc(F)ccc3F)cc12. The van der Waals surface area contributed by atoms with E-state index >= 15 is 0 Å². The molecule has 0 radical (unpaired) electrons. The van der Waals surface area contributed by atoms with Gasteiger partial charge >= 0.3 is 0 Å². The van der Waals surface area contributed by atoms with Gasteiger partial charge in [-0.3, -0.25) is 4.98 Å². The maximum atomic E-state index is 14.8. The monoisotopic (exact) mass is 366 g/mol. The predicted octanol–water partition coefficient (Wildman–Crippen LogP) is 4.82. The summed E-state index contributed by atoms with van der Waals surface area (Å²) in [5, 5.41) is 3.27. The molecular weight excluding hydrogens is 353 g/mol. The van der Waals surface area contributed by atoms with Crippen LogP contribution in [-0.4, -0.2) is 22.0 Å². The Labute approximate surface area is 152 Å². The fourth-order valence-corrected chi connectivity index (χ4v) is 2.88. The fraction of sp³-hybridized carbons (Fsp3) is 0.0500. The Kier molecular flexibility index (Phi) is 4.19. The Morgan fingerprint density at radius 2 is 1.74 bits per heavy atom. The van der Waals surface area contributed by atoms with Crippen LogP contribution in [0.3, 0.4) is 0 Å². The van der Waals surface area contributed by atoms with Crippen molar-refractivity contribution in [2.45, 2.75) is 0 Å². The molecule has 0 fully saturated rings. The number of nitrogens with one attached hydrogen (secondary N) is 1. The van der Waals surface area contributed by atoms with Crippen molar-refractivity contribution in [2.75, 3.05) is 12.4 Å². The zero-order valence-electron chi connectivity index (χ0n) is 14.2. The number of halogens is 3. The average molecular weight is 366 g/mol. The minimum absolute atomic E-state index is 0.0332. The molecule has 0 aliphatic carbocycles. The van der Waals surface area contributed by atoms with E-state index in [0.29, 0.717) is 22.6 Å². The van der Waals surface area contributed by atoms with Crippen LogP contribution in [-0.2, 0) is 0 Å². The standard InChI is InChI=1S/C20H13F3N4/c1-24-20-15-7-12(14-9-13(21)4-5-16(14)22)8-17(23)18(15)26-19(27-20)11-3-2-6-25-10-11/h2-10H,1H3,(H,24,26,27). The van der Waals surface area contributed by atoms with Crippen molar-refractivity contribution in [1.29, 1.82) is 0 Å². The van der Waals surface area contributed by atoms with Gasteiger partial charge in [0.15, 0.2) is 5.82 Å². The molecule has 0 spiro atoms. The molecule has 2 heterocycles. The van der Waals surface area contributed by atoms with Crippen molar-refractivity contribution in [3.63, 3.8) is 0 Å². The van der Waals surface area contributed by atoms with Crippen molar-refractivity contribution in [2.24, 2.45) is 0 Å². The van der Waals surface area contributed by atoms with Gasteiger partial charge in [0, 0.05) is 36.0 Å². The van der Waals surface area contributed by atoms with Gasteiger partial charge in [0.2, 0.25) is 0 Å². The van der Waals surface area contributed by atoms with Crippen LogP contribution in [0, 0.1) is 17.5 Å². The predicted molar refractivity (Wildman–Crippen MR) is 97.6 cm³/mol. The van der Waals surface area contributed by atoms with E-state index in [-0.39, 0.29) is 16.6 Å². The number of nitrogens with zero attached hydrogens (tertiary/aromatic N) is 3. The molecule has 0 aliphatic heterocycles. The zero-order valence-corrected chi connectivity index (χ0v) is 14.2. The summed E-state index contributed by atoms with van der Waals surface area (Å²) in [5.74, 6) is -1.23. The molecule has 0 saturated carbocycles. The lowest BCUT2D eigenvalue weighted by atomic mass is 10.0. The first kappa shape index (κ1) is 17.0. The first-order chi connectivity index (χ1) is 13.1. The van der Waals surface area contributed by atoms with E-state index in [0.717, 1.165) is 24.3 Å². The highest BCUT2D eigenvalue weighted by molar-refractivity contribution is 5.94. The van der Waals surface area contributed by atoms with E-state index in [1.807, 2.05) is 0 Å². The quantitative estimate of drug-likeness (QED) is 0.565. The molecule has 0 aliphatic rings. The molecule has 0 atom stereocenters. The third-order valence-corrected chi connectivity index (χ3v) is 4.15. The summed E-state index contributed by atoms with van der Waals surface area (Å²) in [5.41, 5.74) is 0.879. The van der Waals surface area contributed by atoms with Gasteiger partial charge in [0.05, 0.1) is 0 Å². The molecule has 7 heteroatoms. The molecule has 0 unspecified atom stereocenters. The number of anilines is 1. The van der Waals surface area contributed by atoms with Crippen molar-refractivity contribution in [3.8, 4) is 22.5 Å². The van der Waals surface area contributed by atoms with Crippen LogP contribution >= 0.6 is 0 Å². The molecule has 4 aromatic rings. The van der Waals surface area contributed by atoms with Crippen LogP contribution in [0.4, 0.5) is 19.0 Å². The Hall–Kier alpha value is -3.48. The van der Waals surface area contributed by atoms with Crippen molar-refractivity contribution < 1.29 is 13.2 Å². The smallest absolute Gasteiger partial charge is 0.163 e. The Bertz CT molecular complexity index is 1150. The van der Waals surface area contributed by atoms with Crippen LogP contribution < -0.4 is 5.32 Å². The van der Waals surface area contributed by atoms with E-state index in [2.05, 4.69) is 20.3 Å². The normalized spacial score (nSPS) is 11.0. The van der Waals surface area contributed by atoms with E-state index in [1.165, 1.54) is 6.07 Å². The molecule has 4 rings (SSSR count). The second-order valence-electron chi connectivity index (χ2n) is 5.87. The van der Waals surface area contributed by atoms with Gasteiger partial charge in [0.25, 0.3) is 0 Å². The van der Waals surface area contributed by atoms with E-state index in [1.54, 1.807) is 31.6 Å². The molecule has 4 nitrogen and oxygen atoms in total. The van der Waals surface area contributed by atoms with Gasteiger partial charge in [-0.15, -0.1) is 0 Å². The Balaban J connectivity index is 1.96. The molecule has 0 bridgehead atoms. The number of hydrogen-bond acceptors (Lipinski definition) is 4. The van der Waals surface area contributed by atoms with E-state index in [9.17, 15) is 13.2 Å². The molecule has 27 heavy (non-hydrogen) atoms. The summed E-state index contributed by atoms with van der Waals surface area (Å²) >= 11 is 0. The summed E-state index contributed by atoms with van der Waals surface area (Å²) in [6.07, 6.45) is 3.19.